The number of aromatic hydroxyl groups is 2. The molecule has 2 aromatic rings. The Hall–Kier alpha value is -0.650. The van der Waals surface area contributed by atoms with E-state index in [-0.39, 0.29) is 41.4 Å². The van der Waals surface area contributed by atoms with Crippen LogP contribution in [0.2, 0.25) is 20.1 Å². The van der Waals surface area contributed by atoms with Crippen molar-refractivity contribution in [2.45, 2.75) is 9.79 Å². The van der Waals surface area contributed by atoms with Crippen molar-refractivity contribution in [1.82, 2.24) is 0 Å². The first-order valence-corrected chi connectivity index (χ1v) is 7.75. The molecule has 2 N–H and O–H groups in total. The van der Waals surface area contributed by atoms with Crippen LogP contribution >= 0.6 is 46.4 Å². The molecule has 3 nitrogen and oxygen atoms in total. The van der Waals surface area contributed by atoms with Crippen LogP contribution in [0.5, 0.6) is 11.5 Å². The van der Waals surface area contributed by atoms with Crippen molar-refractivity contribution >= 4 is 57.2 Å². The molecular formula is C12H6Cl4O3S. The van der Waals surface area contributed by atoms with Crippen LogP contribution in [0.25, 0.3) is 0 Å². The molecule has 0 aliphatic rings. The molecular weight excluding hydrogens is 366 g/mol. The largest absolute Gasteiger partial charge is 0.505 e. The van der Waals surface area contributed by atoms with E-state index in [4.69, 9.17) is 46.4 Å². The molecule has 106 valence electrons. The molecule has 0 spiro atoms. The summed E-state index contributed by atoms with van der Waals surface area (Å²) < 4.78 is 12.4. The lowest BCUT2D eigenvalue weighted by Crippen LogP contribution is -1.94. The summed E-state index contributed by atoms with van der Waals surface area (Å²) in [5.74, 6) is -0.563. The third kappa shape index (κ3) is 3.00. The van der Waals surface area contributed by atoms with E-state index in [9.17, 15) is 14.4 Å². The highest BCUT2D eigenvalue weighted by atomic mass is 35.5. The van der Waals surface area contributed by atoms with Gasteiger partial charge in [-0.05, 0) is 24.3 Å². The molecule has 0 radical (unpaired) electrons. The molecule has 0 amide bonds. The zero-order valence-corrected chi connectivity index (χ0v) is 13.4. The number of phenolic OH excluding ortho intramolecular Hbond substituents is 2. The molecule has 0 heterocycles. The summed E-state index contributed by atoms with van der Waals surface area (Å²) in [6, 6.07) is 5.31. The lowest BCUT2D eigenvalue weighted by atomic mass is 10.3. The summed E-state index contributed by atoms with van der Waals surface area (Å²) in [6.07, 6.45) is 0. The number of hydrogen-bond acceptors (Lipinski definition) is 3. The van der Waals surface area contributed by atoms with Gasteiger partial charge >= 0.3 is 0 Å². The zero-order valence-electron chi connectivity index (χ0n) is 9.53. The Morgan fingerprint density at radius 2 is 0.950 bits per heavy atom. The lowest BCUT2D eigenvalue weighted by Gasteiger charge is -2.08. The highest BCUT2D eigenvalue weighted by Gasteiger charge is 2.16. The molecule has 0 bridgehead atoms. The molecule has 0 unspecified atom stereocenters. The summed E-state index contributed by atoms with van der Waals surface area (Å²) in [5.41, 5.74) is 0. The Bertz CT molecular complexity index is 612. The van der Waals surface area contributed by atoms with Crippen molar-refractivity contribution in [1.29, 1.82) is 0 Å². The first-order valence-electron chi connectivity index (χ1n) is 5.09. The first kappa shape index (κ1) is 15.7. The minimum absolute atomic E-state index is 0.0168. The number of benzene rings is 2. The third-order valence-electron chi connectivity index (χ3n) is 2.41. The van der Waals surface area contributed by atoms with Crippen molar-refractivity contribution in [2.75, 3.05) is 0 Å². The fourth-order valence-electron chi connectivity index (χ4n) is 1.43. The number of hydrogen-bond donors (Lipinski definition) is 2. The Labute approximate surface area is 137 Å². The second-order valence-corrected chi connectivity index (χ2v) is 6.85. The monoisotopic (exact) mass is 370 g/mol. The van der Waals surface area contributed by atoms with Crippen molar-refractivity contribution in [3.8, 4) is 11.5 Å². The van der Waals surface area contributed by atoms with Gasteiger partial charge in [0.2, 0.25) is 0 Å². The standard InChI is InChI=1S/C12H6Cl4O3S/c13-7-1-5(2-8(14)11(7)17)20(19)6-3-9(15)12(18)10(16)4-6/h1-4,17-18H. The van der Waals surface area contributed by atoms with Gasteiger partial charge < -0.3 is 10.2 Å². The van der Waals surface area contributed by atoms with Crippen molar-refractivity contribution in [2.24, 2.45) is 0 Å². The van der Waals surface area contributed by atoms with Crippen LogP contribution < -0.4 is 0 Å². The summed E-state index contributed by atoms with van der Waals surface area (Å²) in [7, 11) is -1.66. The number of halogens is 4. The molecule has 8 heteroatoms. The Kier molecular flexibility index (Phi) is 4.72. The van der Waals surface area contributed by atoms with Crippen molar-refractivity contribution < 1.29 is 14.4 Å². The van der Waals surface area contributed by atoms with Crippen LogP contribution in [0.15, 0.2) is 34.1 Å². The summed E-state index contributed by atoms with van der Waals surface area (Å²) in [5, 5.41) is 18.9. The molecule has 0 aromatic heterocycles. The molecule has 0 saturated carbocycles. The van der Waals surface area contributed by atoms with E-state index in [2.05, 4.69) is 0 Å². The zero-order chi connectivity index (χ0) is 15.0. The third-order valence-corrected chi connectivity index (χ3v) is 4.89. The van der Waals surface area contributed by atoms with E-state index >= 15 is 0 Å². The van der Waals surface area contributed by atoms with Gasteiger partial charge in [0.05, 0.1) is 30.9 Å². The van der Waals surface area contributed by atoms with Crippen molar-refractivity contribution in [3.05, 3.63) is 44.4 Å². The van der Waals surface area contributed by atoms with Gasteiger partial charge in [-0.25, -0.2) is 4.21 Å². The summed E-state index contributed by atoms with van der Waals surface area (Å²) in [4.78, 5) is 0.547. The predicted molar refractivity (Wildman–Crippen MR) is 80.9 cm³/mol. The number of phenols is 2. The molecule has 0 atom stereocenters. The maximum atomic E-state index is 12.4. The molecule has 0 saturated heterocycles. The van der Waals surface area contributed by atoms with E-state index in [1.54, 1.807) is 0 Å². The van der Waals surface area contributed by atoms with Crippen LogP contribution in [0.1, 0.15) is 0 Å². The highest BCUT2D eigenvalue weighted by Crippen LogP contribution is 2.37. The van der Waals surface area contributed by atoms with Crippen molar-refractivity contribution in [3.63, 3.8) is 0 Å². The molecule has 2 rings (SSSR count). The quantitative estimate of drug-likeness (QED) is 0.790. The van der Waals surface area contributed by atoms with Crippen LogP contribution in [0.4, 0.5) is 0 Å². The van der Waals surface area contributed by atoms with Gasteiger partial charge in [0.25, 0.3) is 0 Å². The van der Waals surface area contributed by atoms with Gasteiger partial charge in [0.15, 0.2) is 11.5 Å². The predicted octanol–water partition coefficient (Wildman–Crippen LogP) is 4.88. The Morgan fingerprint density at radius 1 is 0.700 bits per heavy atom. The minimum atomic E-state index is -1.66. The second-order valence-electron chi connectivity index (χ2n) is 3.74. The topological polar surface area (TPSA) is 57.5 Å². The Morgan fingerprint density at radius 3 is 1.20 bits per heavy atom. The average molecular weight is 372 g/mol. The fourth-order valence-corrected chi connectivity index (χ4v) is 3.84. The fraction of sp³-hybridized carbons (Fsp3) is 0. The van der Waals surface area contributed by atoms with E-state index in [0.29, 0.717) is 0 Å². The summed E-state index contributed by atoms with van der Waals surface area (Å²) in [6.45, 7) is 0. The first-order chi connectivity index (χ1) is 9.31. The molecule has 0 aliphatic heterocycles. The van der Waals surface area contributed by atoms with E-state index in [1.807, 2.05) is 0 Å². The SMILES string of the molecule is O=S(c1cc(Cl)c(O)c(Cl)c1)c1cc(Cl)c(O)c(Cl)c1. The van der Waals surface area contributed by atoms with Crippen LogP contribution in [0, 0.1) is 0 Å². The molecule has 0 aliphatic carbocycles. The van der Waals surface area contributed by atoms with E-state index < -0.39 is 10.8 Å². The molecule has 20 heavy (non-hydrogen) atoms. The van der Waals surface area contributed by atoms with E-state index in [1.165, 1.54) is 24.3 Å². The van der Waals surface area contributed by atoms with E-state index in [0.717, 1.165) is 0 Å². The highest BCUT2D eigenvalue weighted by molar-refractivity contribution is 7.85. The van der Waals surface area contributed by atoms with Gasteiger partial charge in [-0.3, -0.25) is 0 Å². The van der Waals surface area contributed by atoms with Crippen LogP contribution in [-0.2, 0) is 10.8 Å². The second kappa shape index (κ2) is 6.00. The molecule has 0 fully saturated rings. The maximum absolute atomic E-state index is 12.4. The lowest BCUT2D eigenvalue weighted by molar-refractivity contribution is 0.475. The number of rotatable bonds is 2. The maximum Gasteiger partial charge on any atom is 0.152 e. The van der Waals surface area contributed by atoms with Gasteiger partial charge in [-0.1, -0.05) is 46.4 Å². The van der Waals surface area contributed by atoms with Gasteiger partial charge in [-0.15, -0.1) is 0 Å². The van der Waals surface area contributed by atoms with Gasteiger partial charge in [0, 0.05) is 9.79 Å². The van der Waals surface area contributed by atoms with Gasteiger partial charge in [-0.2, -0.15) is 0 Å². The normalized spacial score (nSPS) is 11.1. The molecule has 2 aromatic carbocycles. The van der Waals surface area contributed by atoms with Crippen LogP contribution in [-0.4, -0.2) is 14.4 Å². The average Bonchev–Trinajstić information content (AvgIpc) is 2.40. The Balaban J connectivity index is 2.52. The minimum Gasteiger partial charge on any atom is -0.505 e. The smallest absolute Gasteiger partial charge is 0.152 e. The summed E-state index contributed by atoms with van der Waals surface area (Å²) >= 11 is 23.1. The van der Waals surface area contributed by atoms with Crippen LogP contribution in [0.3, 0.4) is 0 Å². The van der Waals surface area contributed by atoms with Gasteiger partial charge in [0.1, 0.15) is 0 Å².